The number of hydrogen-bond acceptors (Lipinski definition) is 4. The van der Waals surface area contributed by atoms with Gasteiger partial charge in [-0.3, -0.25) is 0 Å². The Morgan fingerprint density at radius 2 is 1.56 bits per heavy atom. The molecular weight excluding hydrogens is 314 g/mol. The van der Waals surface area contributed by atoms with E-state index in [0.717, 1.165) is 0 Å². The molecular formula is C11H15Cl2O3PS. The van der Waals surface area contributed by atoms with Gasteiger partial charge in [0.05, 0.1) is 19.8 Å². The molecule has 7 heteroatoms. The Morgan fingerprint density at radius 1 is 1.06 bits per heavy atom. The maximum Gasteiger partial charge on any atom is 0.327 e. The third-order valence-electron chi connectivity index (χ3n) is 2.00. The quantitative estimate of drug-likeness (QED) is 0.671. The standard InChI is InChI=1S/C11H15Cl2O3PS/c1-3-14-17(18,15-4-2)16-8-9-10(12)6-5-7-11(9)13/h5-7H,3-4,8H2,1-2H3. The Hall–Kier alpha value is 0.330. The summed E-state index contributed by atoms with van der Waals surface area (Å²) in [7, 11) is 0. The van der Waals surface area contributed by atoms with E-state index in [2.05, 4.69) is 0 Å². The van der Waals surface area contributed by atoms with Crippen molar-refractivity contribution in [3.63, 3.8) is 0 Å². The number of halogens is 2. The lowest BCUT2D eigenvalue weighted by Crippen LogP contribution is -2.01. The van der Waals surface area contributed by atoms with E-state index < -0.39 is 6.72 Å². The van der Waals surface area contributed by atoms with E-state index in [9.17, 15) is 0 Å². The smallest absolute Gasteiger partial charge is 0.309 e. The molecule has 0 fully saturated rings. The molecule has 0 bridgehead atoms. The fourth-order valence-electron chi connectivity index (χ4n) is 1.24. The maximum atomic E-state index is 6.04. The van der Waals surface area contributed by atoms with Gasteiger partial charge in [0, 0.05) is 15.6 Å². The van der Waals surface area contributed by atoms with Crippen molar-refractivity contribution in [2.45, 2.75) is 20.5 Å². The summed E-state index contributed by atoms with van der Waals surface area (Å²) in [4.78, 5) is 0. The van der Waals surface area contributed by atoms with E-state index in [1.54, 1.807) is 18.2 Å². The van der Waals surface area contributed by atoms with Gasteiger partial charge in [0.15, 0.2) is 0 Å². The molecule has 1 rings (SSSR count). The molecule has 0 atom stereocenters. The molecule has 0 unspecified atom stereocenters. The Labute approximate surface area is 123 Å². The van der Waals surface area contributed by atoms with Gasteiger partial charge in [-0.25, -0.2) is 0 Å². The molecule has 18 heavy (non-hydrogen) atoms. The van der Waals surface area contributed by atoms with Crippen LogP contribution in [0.2, 0.25) is 10.0 Å². The molecule has 1 aromatic carbocycles. The highest BCUT2D eigenvalue weighted by Gasteiger charge is 2.20. The zero-order chi connectivity index (χ0) is 13.6. The highest BCUT2D eigenvalue weighted by molar-refractivity contribution is 8.07. The summed E-state index contributed by atoms with van der Waals surface area (Å²) >= 11 is 17.3. The molecule has 0 saturated carbocycles. The molecule has 0 N–H and O–H groups in total. The van der Waals surface area contributed by atoms with Gasteiger partial charge in [-0.1, -0.05) is 29.3 Å². The minimum absolute atomic E-state index is 0.176. The molecule has 0 heterocycles. The summed E-state index contributed by atoms with van der Waals surface area (Å²) in [6.45, 7) is 2.02. The third-order valence-corrected chi connectivity index (χ3v) is 5.25. The van der Waals surface area contributed by atoms with Crippen LogP contribution in [0, 0.1) is 0 Å². The van der Waals surface area contributed by atoms with Crippen LogP contribution in [0.1, 0.15) is 19.4 Å². The fraction of sp³-hybridized carbons (Fsp3) is 0.455. The highest BCUT2D eigenvalue weighted by Crippen LogP contribution is 2.50. The summed E-state index contributed by atoms with van der Waals surface area (Å²) in [5, 5.41) is 1.08. The Bertz CT molecular complexity index is 412. The van der Waals surface area contributed by atoms with Crippen molar-refractivity contribution in [2.75, 3.05) is 13.2 Å². The minimum atomic E-state index is -2.71. The summed E-state index contributed by atoms with van der Waals surface area (Å²) in [5.74, 6) is 0. The van der Waals surface area contributed by atoms with Gasteiger partial charge in [0.1, 0.15) is 0 Å². The Morgan fingerprint density at radius 3 is 2.00 bits per heavy atom. The Kier molecular flexibility index (Phi) is 7.11. The molecule has 0 aliphatic rings. The summed E-state index contributed by atoms with van der Waals surface area (Å²) in [6.07, 6.45) is 0. The second-order valence-electron chi connectivity index (χ2n) is 3.26. The van der Waals surface area contributed by atoms with Gasteiger partial charge >= 0.3 is 6.72 Å². The third kappa shape index (κ3) is 4.78. The number of hydrogen-bond donors (Lipinski definition) is 0. The van der Waals surface area contributed by atoms with Crippen LogP contribution in [0.25, 0.3) is 0 Å². The van der Waals surface area contributed by atoms with E-state index in [1.165, 1.54) is 0 Å². The lowest BCUT2D eigenvalue weighted by atomic mass is 10.2. The van der Waals surface area contributed by atoms with Crippen LogP contribution in [-0.2, 0) is 32.0 Å². The van der Waals surface area contributed by atoms with Gasteiger partial charge < -0.3 is 13.6 Å². The van der Waals surface area contributed by atoms with E-state index in [4.69, 9.17) is 48.6 Å². The first-order valence-electron chi connectivity index (χ1n) is 5.49. The van der Waals surface area contributed by atoms with E-state index >= 15 is 0 Å². The molecule has 0 aliphatic heterocycles. The molecule has 0 aliphatic carbocycles. The first-order valence-corrected chi connectivity index (χ1v) is 8.80. The summed E-state index contributed by atoms with van der Waals surface area (Å²) in [6, 6.07) is 5.27. The second kappa shape index (κ2) is 7.81. The van der Waals surface area contributed by atoms with Crippen molar-refractivity contribution >= 4 is 41.7 Å². The van der Waals surface area contributed by atoms with Crippen LogP contribution >= 0.6 is 29.9 Å². The van der Waals surface area contributed by atoms with Crippen LogP contribution in [0.5, 0.6) is 0 Å². The van der Waals surface area contributed by atoms with Gasteiger partial charge in [-0.15, -0.1) is 0 Å². The first-order chi connectivity index (χ1) is 8.52. The van der Waals surface area contributed by atoms with E-state index in [-0.39, 0.29) is 6.61 Å². The van der Waals surface area contributed by atoms with Gasteiger partial charge in [-0.2, -0.15) is 0 Å². The molecule has 0 aromatic heterocycles. The zero-order valence-electron chi connectivity index (χ0n) is 10.2. The van der Waals surface area contributed by atoms with Gasteiger partial charge in [-0.05, 0) is 37.8 Å². The molecule has 1 aromatic rings. The van der Waals surface area contributed by atoms with Crippen molar-refractivity contribution in [1.29, 1.82) is 0 Å². The largest absolute Gasteiger partial charge is 0.327 e. The lowest BCUT2D eigenvalue weighted by Gasteiger charge is -2.20. The molecule has 102 valence electrons. The number of benzene rings is 1. The molecule has 0 amide bonds. The predicted octanol–water partition coefficient (Wildman–Crippen LogP) is 4.81. The van der Waals surface area contributed by atoms with Crippen molar-refractivity contribution in [3.8, 4) is 0 Å². The fourth-order valence-corrected chi connectivity index (χ4v) is 3.68. The van der Waals surface area contributed by atoms with E-state index in [0.29, 0.717) is 28.8 Å². The van der Waals surface area contributed by atoms with Crippen molar-refractivity contribution < 1.29 is 13.6 Å². The van der Waals surface area contributed by atoms with Crippen molar-refractivity contribution in [1.82, 2.24) is 0 Å². The van der Waals surface area contributed by atoms with Crippen LogP contribution in [0.3, 0.4) is 0 Å². The van der Waals surface area contributed by atoms with Gasteiger partial charge in [0.2, 0.25) is 0 Å². The topological polar surface area (TPSA) is 27.7 Å². The average Bonchev–Trinajstić information content (AvgIpc) is 2.29. The predicted molar refractivity (Wildman–Crippen MR) is 78.8 cm³/mol. The maximum absolute atomic E-state index is 6.04. The first kappa shape index (κ1) is 16.4. The average molecular weight is 329 g/mol. The van der Waals surface area contributed by atoms with Crippen LogP contribution in [0.15, 0.2) is 18.2 Å². The molecule has 0 radical (unpaired) electrons. The summed E-state index contributed by atoms with van der Waals surface area (Å²) < 4.78 is 16.3. The van der Waals surface area contributed by atoms with Crippen molar-refractivity contribution in [2.24, 2.45) is 0 Å². The highest BCUT2D eigenvalue weighted by atomic mass is 35.5. The second-order valence-corrected chi connectivity index (χ2v) is 7.08. The zero-order valence-corrected chi connectivity index (χ0v) is 13.4. The molecule has 0 spiro atoms. The van der Waals surface area contributed by atoms with Crippen LogP contribution in [0.4, 0.5) is 0 Å². The normalized spacial score (nSPS) is 11.8. The van der Waals surface area contributed by atoms with Crippen LogP contribution < -0.4 is 0 Å². The van der Waals surface area contributed by atoms with Crippen molar-refractivity contribution in [3.05, 3.63) is 33.8 Å². The SMILES string of the molecule is CCOP(=S)(OCC)OCc1c(Cl)cccc1Cl. The number of rotatable bonds is 7. The monoisotopic (exact) mass is 328 g/mol. The van der Waals surface area contributed by atoms with Crippen LogP contribution in [-0.4, -0.2) is 13.2 Å². The molecule has 0 saturated heterocycles. The Balaban J connectivity index is 2.76. The molecule has 3 nitrogen and oxygen atoms in total. The summed E-state index contributed by atoms with van der Waals surface area (Å²) in [5.41, 5.74) is 0.689. The minimum Gasteiger partial charge on any atom is -0.309 e. The lowest BCUT2D eigenvalue weighted by molar-refractivity contribution is 0.161. The van der Waals surface area contributed by atoms with Gasteiger partial charge in [0.25, 0.3) is 0 Å². The van der Waals surface area contributed by atoms with E-state index in [1.807, 2.05) is 13.8 Å².